The van der Waals surface area contributed by atoms with Crippen LogP contribution in [0.3, 0.4) is 0 Å². The van der Waals surface area contributed by atoms with E-state index in [9.17, 15) is 18.0 Å². The van der Waals surface area contributed by atoms with Gasteiger partial charge in [-0.05, 0) is 19.3 Å². The van der Waals surface area contributed by atoms with E-state index >= 15 is 0 Å². The summed E-state index contributed by atoms with van der Waals surface area (Å²) in [7, 11) is 0. The molecule has 2 unspecified atom stereocenters. The van der Waals surface area contributed by atoms with Crippen molar-refractivity contribution >= 4 is 5.97 Å². The Morgan fingerprint density at radius 1 is 1.36 bits per heavy atom. The van der Waals surface area contributed by atoms with Crippen LogP contribution in [0.25, 0.3) is 0 Å². The maximum Gasteiger partial charge on any atom is 0.414 e. The minimum absolute atomic E-state index is 0.0753. The lowest BCUT2D eigenvalue weighted by atomic mass is 10.1. The molecule has 0 heterocycles. The average molecular weight is 215 g/mol. The average Bonchev–Trinajstić information content (AvgIpc) is 2.01. The molecule has 0 aliphatic rings. The number of hydrogen-bond acceptors (Lipinski definition) is 3. The van der Waals surface area contributed by atoms with Gasteiger partial charge in [0, 0.05) is 0 Å². The van der Waals surface area contributed by atoms with Gasteiger partial charge in [0.25, 0.3) is 0 Å². The molecule has 0 aromatic rings. The minimum Gasteiger partial charge on any atom is -0.480 e. The highest BCUT2D eigenvalue weighted by Crippen LogP contribution is 2.23. The Bertz CT molecular complexity index is 195. The van der Waals surface area contributed by atoms with E-state index in [0.717, 1.165) is 0 Å². The van der Waals surface area contributed by atoms with E-state index in [1.165, 1.54) is 0 Å². The largest absolute Gasteiger partial charge is 0.480 e. The molecule has 0 aliphatic heterocycles. The molecule has 0 spiro atoms. The van der Waals surface area contributed by atoms with Crippen molar-refractivity contribution in [1.82, 2.24) is 0 Å². The second-order valence-electron chi connectivity index (χ2n) is 2.93. The van der Waals surface area contributed by atoms with Crippen LogP contribution < -0.4 is 5.73 Å². The molecule has 0 saturated carbocycles. The summed E-state index contributed by atoms with van der Waals surface area (Å²) < 4.78 is 35.2. The maximum atomic E-state index is 11.7. The fourth-order valence-corrected chi connectivity index (χ4v) is 0.818. The third-order valence-electron chi connectivity index (χ3n) is 1.69. The molecule has 0 bridgehead atoms. The fraction of sp³-hybridized carbons (Fsp3) is 0.857. The van der Waals surface area contributed by atoms with E-state index < -0.39 is 30.7 Å². The lowest BCUT2D eigenvalue weighted by molar-refractivity contribution is -0.205. The standard InChI is InChI=1S/C7H12F3NO3/c8-7(9,10)5(12)3-1-2-4(11)6(13)14/h4-5,12H,1-3,11H2,(H,13,14). The summed E-state index contributed by atoms with van der Waals surface area (Å²) in [6.07, 6.45) is -7.72. The highest BCUT2D eigenvalue weighted by Gasteiger charge is 2.37. The third kappa shape index (κ3) is 5.03. The first kappa shape index (κ1) is 13.2. The first-order valence-electron chi connectivity index (χ1n) is 3.98. The third-order valence-corrected chi connectivity index (χ3v) is 1.69. The van der Waals surface area contributed by atoms with E-state index in [2.05, 4.69) is 0 Å². The number of aliphatic carboxylic acids is 1. The van der Waals surface area contributed by atoms with E-state index in [1.54, 1.807) is 0 Å². The van der Waals surface area contributed by atoms with Crippen LogP contribution in [0.5, 0.6) is 0 Å². The molecular weight excluding hydrogens is 203 g/mol. The predicted octanol–water partition coefficient (Wildman–Crippen LogP) is 0.492. The number of carboxylic acid groups (broad SMARTS) is 1. The summed E-state index contributed by atoms with van der Waals surface area (Å²) in [5.41, 5.74) is 5.05. The van der Waals surface area contributed by atoms with E-state index in [0.29, 0.717) is 0 Å². The van der Waals surface area contributed by atoms with Crippen molar-refractivity contribution in [2.75, 3.05) is 0 Å². The highest BCUT2D eigenvalue weighted by molar-refractivity contribution is 5.72. The smallest absolute Gasteiger partial charge is 0.414 e. The molecule has 0 rings (SSSR count). The maximum absolute atomic E-state index is 11.7. The summed E-state index contributed by atoms with van der Waals surface area (Å²) in [4.78, 5) is 10.2. The number of aliphatic hydroxyl groups excluding tert-OH is 1. The minimum atomic E-state index is -4.65. The van der Waals surface area contributed by atoms with E-state index in [4.69, 9.17) is 15.9 Å². The number of hydrogen-bond donors (Lipinski definition) is 3. The lowest BCUT2D eigenvalue weighted by Crippen LogP contribution is -2.32. The van der Waals surface area contributed by atoms with Crippen molar-refractivity contribution in [1.29, 1.82) is 0 Å². The van der Waals surface area contributed by atoms with Crippen LogP contribution in [0.15, 0.2) is 0 Å². The van der Waals surface area contributed by atoms with E-state index in [1.807, 2.05) is 0 Å². The predicted molar refractivity (Wildman–Crippen MR) is 41.5 cm³/mol. The zero-order valence-corrected chi connectivity index (χ0v) is 7.29. The SMILES string of the molecule is NC(CCCC(O)C(F)(F)F)C(=O)O. The van der Waals surface area contributed by atoms with Crippen LogP contribution in [0.4, 0.5) is 13.2 Å². The van der Waals surface area contributed by atoms with Crippen LogP contribution in [0.2, 0.25) is 0 Å². The molecule has 84 valence electrons. The number of carbonyl (C=O) groups is 1. The molecule has 0 radical (unpaired) electrons. The van der Waals surface area contributed by atoms with Crippen molar-refractivity contribution in [3.05, 3.63) is 0 Å². The summed E-state index contributed by atoms with van der Waals surface area (Å²) in [5.74, 6) is -1.26. The van der Waals surface area contributed by atoms with Gasteiger partial charge in [0.15, 0.2) is 0 Å². The van der Waals surface area contributed by atoms with Gasteiger partial charge in [0.05, 0.1) is 0 Å². The molecule has 0 amide bonds. The summed E-state index contributed by atoms with van der Waals surface area (Å²) in [6, 6.07) is -1.17. The Hall–Kier alpha value is -0.820. The Balaban J connectivity index is 3.70. The molecule has 4 N–H and O–H groups in total. The number of alkyl halides is 3. The monoisotopic (exact) mass is 215 g/mol. The molecule has 14 heavy (non-hydrogen) atoms. The van der Waals surface area contributed by atoms with Gasteiger partial charge in [-0.25, -0.2) is 0 Å². The number of carboxylic acids is 1. The Morgan fingerprint density at radius 2 is 1.86 bits per heavy atom. The van der Waals surface area contributed by atoms with Crippen LogP contribution in [0.1, 0.15) is 19.3 Å². The van der Waals surface area contributed by atoms with E-state index in [-0.39, 0.29) is 12.8 Å². The summed E-state index contributed by atoms with van der Waals surface area (Å²) in [6.45, 7) is 0. The van der Waals surface area contributed by atoms with Crippen molar-refractivity contribution in [3.63, 3.8) is 0 Å². The highest BCUT2D eigenvalue weighted by atomic mass is 19.4. The summed E-state index contributed by atoms with van der Waals surface area (Å²) in [5, 5.41) is 16.8. The van der Waals surface area contributed by atoms with Crippen molar-refractivity contribution in [2.45, 2.75) is 37.6 Å². The molecule has 0 aromatic heterocycles. The zero-order valence-electron chi connectivity index (χ0n) is 7.29. The molecule has 0 aromatic carbocycles. The molecule has 0 saturated heterocycles. The quantitative estimate of drug-likeness (QED) is 0.623. The molecular formula is C7H12F3NO3. The molecule has 0 aliphatic carbocycles. The normalized spacial score (nSPS) is 16.4. The Labute approximate surface area is 78.5 Å². The molecule has 0 fully saturated rings. The van der Waals surface area contributed by atoms with Gasteiger partial charge in [-0.1, -0.05) is 0 Å². The number of aliphatic hydroxyl groups is 1. The molecule has 2 atom stereocenters. The fourth-order valence-electron chi connectivity index (χ4n) is 0.818. The van der Waals surface area contributed by atoms with Gasteiger partial charge < -0.3 is 15.9 Å². The van der Waals surface area contributed by atoms with Crippen molar-refractivity contribution in [3.8, 4) is 0 Å². The topological polar surface area (TPSA) is 83.5 Å². The second-order valence-corrected chi connectivity index (χ2v) is 2.93. The van der Waals surface area contributed by atoms with Crippen LogP contribution >= 0.6 is 0 Å². The van der Waals surface area contributed by atoms with Gasteiger partial charge in [0.1, 0.15) is 12.1 Å². The zero-order chi connectivity index (χ0) is 11.4. The second kappa shape index (κ2) is 5.16. The van der Waals surface area contributed by atoms with Gasteiger partial charge in [-0.2, -0.15) is 13.2 Å². The van der Waals surface area contributed by atoms with Crippen LogP contribution in [-0.2, 0) is 4.79 Å². The van der Waals surface area contributed by atoms with Crippen LogP contribution in [0, 0.1) is 0 Å². The van der Waals surface area contributed by atoms with Gasteiger partial charge in [-0.3, -0.25) is 4.79 Å². The van der Waals surface area contributed by atoms with Gasteiger partial charge in [0.2, 0.25) is 0 Å². The van der Waals surface area contributed by atoms with Crippen LogP contribution in [-0.4, -0.2) is 34.5 Å². The van der Waals surface area contributed by atoms with Gasteiger partial charge in [-0.15, -0.1) is 0 Å². The molecule has 7 heteroatoms. The Morgan fingerprint density at radius 3 is 2.21 bits per heavy atom. The number of halogens is 3. The molecule has 4 nitrogen and oxygen atoms in total. The van der Waals surface area contributed by atoms with Crippen molar-refractivity contribution in [2.24, 2.45) is 5.73 Å². The Kier molecular flexibility index (Phi) is 4.86. The van der Waals surface area contributed by atoms with Gasteiger partial charge >= 0.3 is 12.1 Å². The van der Waals surface area contributed by atoms with Crippen molar-refractivity contribution < 1.29 is 28.2 Å². The summed E-state index contributed by atoms with van der Waals surface area (Å²) >= 11 is 0. The first-order chi connectivity index (χ1) is 6.25. The lowest BCUT2D eigenvalue weighted by Gasteiger charge is -2.14. The first-order valence-corrected chi connectivity index (χ1v) is 3.98. The number of rotatable bonds is 5. The number of nitrogens with two attached hydrogens (primary N) is 1.